The Bertz CT molecular complexity index is 1110. The quantitative estimate of drug-likeness (QED) is 0.440. The van der Waals surface area contributed by atoms with Crippen molar-refractivity contribution in [3.63, 3.8) is 0 Å². The monoisotopic (exact) mass is 484 g/mol. The molecule has 0 N–H and O–H groups in total. The lowest BCUT2D eigenvalue weighted by molar-refractivity contribution is -0.259. The molecule has 190 valence electrons. The standard InChI is InChI=1S/C28H36O7/c1-15(29)33-20-13-18-24(2,3)10-8-19(30)26(18,5)17-7-11-25(4)21(16-9-12-32-14-16)34-23(31)22-28(25,35-22)27(17,20)6/h9,12,14,17-18,20-22H,7-8,10-11,13H2,1-6H3/t17-,18+,20-,21+,22-,25+,26-,27+,28-/m1/s1. The smallest absolute Gasteiger partial charge is 0.339 e. The minimum absolute atomic E-state index is 0.0601. The van der Waals surface area contributed by atoms with Crippen LogP contribution in [-0.2, 0) is 28.6 Å². The Morgan fingerprint density at radius 2 is 1.80 bits per heavy atom. The maximum Gasteiger partial charge on any atom is 0.339 e. The number of esters is 2. The molecule has 1 aromatic rings. The van der Waals surface area contributed by atoms with E-state index in [-0.39, 0.29) is 29.2 Å². The normalized spacial score (nSPS) is 49.6. The lowest BCUT2D eigenvalue weighted by Gasteiger charge is -2.69. The summed E-state index contributed by atoms with van der Waals surface area (Å²) in [7, 11) is 0. The van der Waals surface area contributed by atoms with E-state index in [0.717, 1.165) is 24.8 Å². The Morgan fingerprint density at radius 3 is 2.46 bits per heavy atom. The number of Topliss-reactive ketones (excluding diaryl/α,β-unsaturated/α-hetero) is 1. The number of rotatable bonds is 2. The number of fused-ring (bicyclic) bond motifs is 3. The minimum atomic E-state index is -0.893. The van der Waals surface area contributed by atoms with E-state index >= 15 is 0 Å². The van der Waals surface area contributed by atoms with Gasteiger partial charge in [-0.15, -0.1) is 0 Å². The van der Waals surface area contributed by atoms with Crippen LogP contribution in [0.5, 0.6) is 0 Å². The molecule has 7 heteroatoms. The van der Waals surface area contributed by atoms with Crippen molar-refractivity contribution in [1.82, 2.24) is 0 Å². The van der Waals surface area contributed by atoms with Crippen LogP contribution >= 0.6 is 0 Å². The molecule has 6 rings (SSSR count). The number of ether oxygens (including phenoxy) is 3. The first-order valence-corrected chi connectivity index (χ1v) is 12.9. The Labute approximate surface area is 206 Å². The highest BCUT2D eigenvalue weighted by molar-refractivity contribution is 5.87. The molecule has 5 fully saturated rings. The largest absolute Gasteiger partial charge is 0.472 e. The maximum absolute atomic E-state index is 13.8. The second-order valence-electron chi connectivity index (χ2n) is 13.0. The van der Waals surface area contributed by atoms with E-state index in [4.69, 9.17) is 18.6 Å². The van der Waals surface area contributed by atoms with Gasteiger partial charge in [0, 0.05) is 35.2 Å². The molecule has 3 aliphatic carbocycles. The summed E-state index contributed by atoms with van der Waals surface area (Å²) in [4.78, 5) is 39.5. The lowest BCUT2D eigenvalue weighted by atomic mass is 9.34. The summed E-state index contributed by atoms with van der Waals surface area (Å²) in [6, 6.07) is 1.84. The van der Waals surface area contributed by atoms with Crippen LogP contribution in [0, 0.1) is 33.5 Å². The van der Waals surface area contributed by atoms with Gasteiger partial charge in [-0.1, -0.05) is 34.6 Å². The van der Waals surface area contributed by atoms with Crippen LogP contribution in [0.2, 0.25) is 0 Å². The predicted octanol–water partition coefficient (Wildman–Crippen LogP) is 4.78. The van der Waals surface area contributed by atoms with Gasteiger partial charge in [-0.2, -0.15) is 0 Å². The molecule has 2 aliphatic heterocycles. The third-order valence-electron chi connectivity index (χ3n) is 11.2. The van der Waals surface area contributed by atoms with Crippen molar-refractivity contribution in [2.24, 2.45) is 33.5 Å². The summed E-state index contributed by atoms with van der Waals surface area (Å²) < 4.78 is 24.0. The molecule has 0 bridgehead atoms. The van der Waals surface area contributed by atoms with Crippen LogP contribution in [0.3, 0.4) is 0 Å². The van der Waals surface area contributed by atoms with Crippen molar-refractivity contribution in [3.05, 3.63) is 24.2 Å². The molecule has 7 nitrogen and oxygen atoms in total. The highest BCUT2D eigenvalue weighted by Gasteiger charge is 2.88. The van der Waals surface area contributed by atoms with Gasteiger partial charge in [-0.3, -0.25) is 9.59 Å². The van der Waals surface area contributed by atoms with Crippen LogP contribution < -0.4 is 0 Å². The summed E-state index contributed by atoms with van der Waals surface area (Å²) in [5.41, 5.74) is -2.02. The molecule has 1 aromatic heterocycles. The van der Waals surface area contributed by atoms with Crippen LogP contribution in [0.1, 0.15) is 85.3 Å². The Morgan fingerprint density at radius 1 is 1.06 bits per heavy atom. The van der Waals surface area contributed by atoms with Crippen LogP contribution in [0.25, 0.3) is 0 Å². The molecule has 0 unspecified atom stereocenters. The summed E-state index contributed by atoms with van der Waals surface area (Å²) >= 11 is 0. The second kappa shape index (κ2) is 6.78. The number of hydrogen-bond donors (Lipinski definition) is 0. The fourth-order valence-corrected chi connectivity index (χ4v) is 9.61. The number of hydrogen-bond acceptors (Lipinski definition) is 7. The molecule has 2 saturated heterocycles. The molecule has 1 spiro atoms. The van der Waals surface area contributed by atoms with E-state index in [1.165, 1.54) is 6.92 Å². The van der Waals surface area contributed by atoms with Gasteiger partial charge in [-0.05, 0) is 49.0 Å². The molecule has 9 atom stereocenters. The molecule has 5 aliphatic rings. The number of furan rings is 1. The topological polar surface area (TPSA) is 95.3 Å². The van der Waals surface area contributed by atoms with E-state index in [1.807, 2.05) is 6.07 Å². The third-order valence-corrected chi connectivity index (χ3v) is 11.2. The van der Waals surface area contributed by atoms with Crippen molar-refractivity contribution in [3.8, 4) is 0 Å². The second-order valence-corrected chi connectivity index (χ2v) is 13.0. The molecule has 35 heavy (non-hydrogen) atoms. The van der Waals surface area contributed by atoms with E-state index in [0.29, 0.717) is 18.6 Å². The van der Waals surface area contributed by atoms with Crippen molar-refractivity contribution in [1.29, 1.82) is 0 Å². The highest BCUT2D eigenvalue weighted by Crippen LogP contribution is 2.80. The van der Waals surface area contributed by atoms with Gasteiger partial charge in [0.15, 0.2) is 6.10 Å². The number of cyclic esters (lactones) is 1. The first-order chi connectivity index (χ1) is 16.3. The number of carbonyl (C=O) groups excluding carboxylic acids is 3. The zero-order valence-corrected chi connectivity index (χ0v) is 21.5. The van der Waals surface area contributed by atoms with E-state index in [2.05, 4.69) is 34.6 Å². The maximum atomic E-state index is 13.8. The highest BCUT2D eigenvalue weighted by atomic mass is 16.7. The van der Waals surface area contributed by atoms with Crippen molar-refractivity contribution < 1.29 is 33.0 Å². The summed E-state index contributed by atoms with van der Waals surface area (Å²) in [5.74, 6) is -0.443. The number of carbonyl (C=O) groups is 3. The summed E-state index contributed by atoms with van der Waals surface area (Å²) in [6.07, 6.45) is 4.96. The lowest BCUT2D eigenvalue weighted by Crippen LogP contribution is -2.74. The number of epoxide rings is 1. The molecule has 0 radical (unpaired) electrons. The first-order valence-electron chi connectivity index (χ1n) is 12.9. The van der Waals surface area contributed by atoms with E-state index in [1.54, 1.807) is 12.5 Å². The third kappa shape index (κ3) is 2.53. The van der Waals surface area contributed by atoms with Crippen LogP contribution in [-0.4, -0.2) is 35.5 Å². The van der Waals surface area contributed by atoms with Crippen molar-refractivity contribution in [2.75, 3.05) is 0 Å². The summed E-state index contributed by atoms with van der Waals surface area (Å²) in [6.45, 7) is 12.3. The van der Waals surface area contributed by atoms with Gasteiger partial charge >= 0.3 is 11.9 Å². The van der Waals surface area contributed by atoms with Gasteiger partial charge < -0.3 is 18.6 Å². The number of ketones is 1. The molecular weight excluding hydrogens is 448 g/mol. The predicted molar refractivity (Wildman–Crippen MR) is 124 cm³/mol. The minimum Gasteiger partial charge on any atom is -0.472 e. The molecular formula is C28H36O7. The summed E-state index contributed by atoms with van der Waals surface area (Å²) in [5, 5.41) is 0. The van der Waals surface area contributed by atoms with Gasteiger partial charge in [0.25, 0.3) is 0 Å². The van der Waals surface area contributed by atoms with E-state index in [9.17, 15) is 14.4 Å². The van der Waals surface area contributed by atoms with Gasteiger partial charge in [0.05, 0.1) is 12.5 Å². The molecule has 3 heterocycles. The average molecular weight is 485 g/mol. The Kier molecular flexibility index (Phi) is 4.51. The fraction of sp³-hybridized carbons (Fsp3) is 0.750. The van der Waals surface area contributed by atoms with E-state index < -0.39 is 40.2 Å². The Balaban J connectivity index is 1.55. The van der Waals surface area contributed by atoms with Crippen molar-refractivity contribution >= 4 is 17.7 Å². The molecule has 3 saturated carbocycles. The molecule has 0 amide bonds. The van der Waals surface area contributed by atoms with Gasteiger partial charge in [0.1, 0.15) is 23.6 Å². The van der Waals surface area contributed by atoms with Crippen LogP contribution in [0.15, 0.2) is 23.0 Å². The zero-order chi connectivity index (χ0) is 25.2. The van der Waals surface area contributed by atoms with Gasteiger partial charge in [0.2, 0.25) is 0 Å². The molecule has 0 aromatic carbocycles. The zero-order valence-electron chi connectivity index (χ0n) is 21.5. The van der Waals surface area contributed by atoms with Crippen LogP contribution in [0.4, 0.5) is 0 Å². The van der Waals surface area contributed by atoms with Crippen molar-refractivity contribution in [2.45, 2.75) is 97.6 Å². The van der Waals surface area contributed by atoms with Gasteiger partial charge in [-0.25, -0.2) is 4.79 Å². The average Bonchev–Trinajstić information content (AvgIpc) is 3.35. The fourth-order valence-electron chi connectivity index (χ4n) is 9.61. The SMILES string of the molecule is CC(=O)O[C@@H]1C[C@H]2C(C)(C)CCC(=O)[C@]2(C)[C@H]2CC[C@@]3(C)[C@H](c4ccoc4)OC(=O)[C@H]4O[C@]43[C@@]21C. The Hall–Kier alpha value is -2.15. The first kappa shape index (κ1) is 23.3.